The zero-order chi connectivity index (χ0) is 26.0. The first-order chi connectivity index (χ1) is 18.1. The molecule has 0 aliphatic carbocycles. The number of carbonyl (C=O) groups excluding carboxylic acids is 2. The molecular formula is C27H30N6O4. The van der Waals surface area contributed by atoms with Crippen molar-refractivity contribution in [2.24, 2.45) is 0 Å². The Balaban J connectivity index is 1.43. The molecule has 10 nitrogen and oxygen atoms in total. The molecule has 2 heterocycles. The molecule has 0 unspecified atom stereocenters. The molecule has 2 aromatic carbocycles. The van der Waals surface area contributed by atoms with Crippen molar-refractivity contribution in [2.45, 2.75) is 46.2 Å². The Hall–Kier alpha value is -4.34. The number of rotatable bonds is 12. The minimum absolute atomic E-state index is 0.217. The highest BCUT2D eigenvalue weighted by Gasteiger charge is 2.23. The number of aryl methyl sites for hydroxylation is 2. The molecule has 4 aromatic rings. The molecule has 0 saturated carbocycles. The van der Waals surface area contributed by atoms with Gasteiger partial charge in [0.15, 0.2) is 11.4 Å². The molecule has 0 aliphatic rings. The number of esters is 2. The molecule has 0 amide bonds. The van der Waals surface area contributed by atoms with E-state index in [-0.39, 0.29) is 24.6 Å². The van der Waals surface area contributed by atoms with Crippen LogP contribution in [-0.4, -0.2) is 55.1 Å². The summed E-state index contributed by atoms with van der Waals surface area (Å²) in [6.07, 6.45) is 2.49. The van der Waals surface area contributed by atoms with E-state index in [1.165, 1.54) is 0 Å². The van der Waals surface area contributed by atoms with Gasteiger partial charge in [0, 0.05) is 24.2 Å². The lowest BCUT2D eigenvalue weighted by atomic mass is 10.1. The lowest BCUT2D eigenvalue weighted by Crippen LogP contribution is -2.09. The molecule has 0 fully saturated rings. The average molecular weight is 503 g/mol. The number of carbonyl (C=O) groups is 2. The van der Waals surface area contributed by atoms with Crippen LogP contribution in [0, 0.1) is 0 Å². The van der Waals surface area contributed by atoms with Gasteiger partial charge in [0.1, 0.15) is 11.4 Å². The van der Waals surface area contributed by atoms with Gasteiger partial charge in [0.2, 0.25) is 0 Å². The first-order valence-corrected chi connectivity index (χ1v) is 12.5. The molecule has 4 rings (SSSR count). The Labute approximate surface area is 215 Å². The number of nitrogens with zero attached hydrogens (tertiary/aromatic N) is 6. The predicted molar refractivity (Wildman–Crippen MR) is 137 cm³/mol. The molecule has 2 aromatic heterocycles. The molecular weight excluding hydrogens is 472 g/mol. The second-order valence-electron chi connectivity index (χ2n) is 8.25. The van der Waals surface area contributed by atoms with Gasteiger partial charge in [-0.25, -0.2) is 19.0 Å². The first-order valence-electron chi connectivity index (χ1n) is 12.5. The standard InChI is InChI=1S/C27H30N6O4/c1-3-36-26(34)22-24(20-14-8-5-9-15-20)32(30-28-22)18-12-7-13-19-33-25(21-16-10-6-11-17-21)23(29-31-33)27(35)37-4-2/h5-6,8-11,14-17H,3-4,7,12-13,18-19H2,1-2H3. The third-order valence-electron chi connectivity index (χ3n) is 5.74. The van der Waals surface area contributed by atoms with Crippen molar-refractivity contribution in [1.82, 2.24) is 30.0 Å². The topological polar surface area (TPSA) is 114 Å². The summed E-state index contributed by atoms with van der Waals surface area (Å²) < 4.78 is 13.9. The number of benzene rings is 2. The van der Waals surface area contributed by atoms with Crippen LogP contribution in [0.3, 0.4) is 0 Å². The zero-order valence-electron chi connectivity index (χ0n) is 21.0. The molecule has 37 heavy (non-hydrogen) atoms. The van der Waals surface area contributed by atoms with Crippen molar-refractivity contribution in [1.29, 1.82) is 0 Å². The Morgan fingerprint density at radius 2 is 1.05 bits per heavy atom. The summed E-state index contributed by atoms with van der Waals surface area (Å²) in [6.45, 7) is 5.24. The average Bonchev–Trinajstić information content (AvgIpc) is 3.54. The smallest absolute Gasteiger partial charge is 0.361 e. The van der Waals surface area contributed by atoms with Crippen LogP contribution in [-0.2, 0) is 22.6 Å². The van der Waals surface area contributed by atoms with E-state index in [1.807, 2.05) is 60.7 Å². The van der Waals surface area contributed by atoms with Crippen LogP contribution in [0.2, 0.25) is 0 Å². The Bertz CT molecular complexity index is 1220. The van der Waals surface area contributed by atoms with Gasteiger partial charge < -0.3 is 9.47 Å². The van der Waals surface area contributed by atoms with Crippen molar-refractivity contribution in [3.63, 3.8) is 0 Å². The molecule has 10 heteroatoms. The van der Waals surface area contributed by atoms with Gasteiger partial charge in [0.05, 0.1) is 13.2 Å². The molecule has 192 valence electrons. The van der Waals surface area contributed by atoms with Gasteiger partial charge in [-0.1, -0.05) is 71.1 Å². The van der Waals surface area contributed by atoms with Crippen LogP contribution in [0.4, 0.5) is 0 Å². The van der Waals surface area contributed by atoms with Gasteiger partial charge in [-0.05, 0) is 33.1 Å². The minimum atomic E-state index is -0.482. The number of aromatic nitrogens is 6. The summed E-state index contributed by atoms with van der Waals surface area (Å²) in [6, 6.07) is 19.2. The van der Waals surface area contributed by atoms with Crippen LogP contribution in [0.1, 0.15) is 54.1 Å². The molecule has 0 spiro atoms. The summed E-state index contributed by atoms with van der Waals surface area (Å²) in [7, 11) is 0. The third kappa shape index (κ3) is 6.08. The molecule has 0 atom stereocenters. The monoisotopic (exact) mass is 502 g/mol. The fraction of sp³-hybridized carbons (Fsp3) is 0.333. The number of hydrogen-bond donors (Lipinski definition) is 0. The van der Waals surface area contributed by atoms with E-state index in [4.69, 9.17) is 9.47 Å². The van der Waals surface area contributed by atoms with Crippen LogP contribution in [0.15, 0.2) is 60.7 Å². The SMILES string of the molecule is CCOC(=O)c1nnn(CCCCCn2nnc(C(=O)OCC)c2-c2ccccc2)c1-c1ccccc1. The normalized spacial score (nSPS) is 10.9. The van der Waals surface area contributed by atoms with Crippen molar-refractivity contribution < 1.29 is 19.1 Å². The fourth-order valence-electron chi connectivity index (χ4n) is 4.08. The van der Waals surface area contributed by atoms with E-state index >= 15 is 0 Å². The molecule has 0 aliphatic heterocycles. The summed E-state index contributed by atoms with van der Waals surface area (Å²) in [5.41, 5.74) is 3.46. The maximum Gasteiger partial charge on any atom is 0.361 e. The lowest BCUT2D eigenvalue weighted by molar-refractivity contribution is 0.0510. The number of hydrogen-bond acceptors (Lipinski definition) is 8. The summed E-state index contributed by atoms with van der Waals surface area (Å²) in [5.74, 6) is -0.964. The van der Waals surface area contributed by atoms with E-state index in [2.05, 4.69) is 20.6 Å². The fourth-order valence-corrected chi connectivity index (χ4v) is 4.08. The van der Waals surface area contributed by atoms with E-state index in [9.17, 15) is 9.59 Å². The van der Waals surface area contributed by atoms with E-state index in [0.29, 0.717) is 24.5 Å². The van der Waals surface area contributed by atoms with Gasteiger partial charge in [0.25, 0.3) is 0 Å². The van der Waals surface area contributed by atoms with Crippen molar-refractivity contribution in [2.75, 3.05) is 13.2 Å². The lowest BCUT2D eigenvalue weighted by Gasteiger charge is -2.10. The molecule has 0 saturated heterocycles. The molecule has 0 bridgehead atoms. The second-order valence-corrected chi connectivity index (χ2v) is 8.25. The van der Waals surface area contributed by atoms with Gasteiger partial charge in [-0.15, -0.1) is 10.2 Å². The summed E-state index contributed by atoms with van der Waals surface area (Å²) in [4.78, 5) is 24.9. The highest BCUT2D eigenvalue weighted by atomic mass is 16.5. The highest BCUT2D eigenvalue weighted by Crippen LogP contribution is 2.25. The maximum absolute atomic E-state index is 12.4. The van der Waals surface area contributed by atoms with Crippen LogP contribution in [0.25, 0.3) is 22.5 Å². The van der Waals surface area contributed by atoms with Crippen LogP contribution in [0.5, 0.6) is 0 Å². The molecule has 0 radical (unpaired) electrons. The number of unbranched alkanes of at least 4 members (excludes halogenated alkanes) is 2. The summed E-state index contributed by atoms with van der Waals surface area (Å²) >= 11 is 0. The van der Waals surface area contributed by atoms with Crippen molar-refractivity contribution in [3.05, 3.63) is 72.1 Å². The van der Waals surface area contributed by atoms with Crippen molar-refractivity contribution in [3.8, 4) is 22.5 Å². The van der Waals surface area contributed by atoms with Gasteiger partial charge >= 0.3 is 11.9 Å². The minimum Gasteiger partial charge on any atom is -0.461 e. The first kappa shape index (κ1) is 25.7. The van der Waals surface area contributed by atoms with Crippen LogP contribution < -0.4 is 0 Å². The third-order valence-corrected chi connectivity index (χ3v) is 5.74. The maximum atomic E-state index is 12.4. The largest absolute Gasteiger partial charge is 0.461 e. The Morgan fingerprint density at radius 3 is 1.43 bits per heavy atom. The van der Waals surface area contributed by atoms with E-state index in [1.54, 1.807) is 23.2 Å². The summed E-state index contributed by atoms with van der Waals surface area (Å²) in [5, 5.41) is 16.7. The number of ether oxygens (including phenoxy) is 2. The Morgan fingerprint density at radius 1 is 0.649 bits per heavy atom. The van der Waals surface area contributed by atoms with Gasteiger partial charge in [-0.2, -0.15) is 0 Å². The quantitative estimate of drug-likeness (QED) is 0.206. The highest BCUT2D eigenvalue weighted by molar-refractivity contribution is 5.94. The molecule has 0 N–H and O–H groups in total. The predicted octanol–water partition coefficient (Wildman–Crippen LogP) is 4.43. The van der Waals surface area contributed by atoms with Crippen molar-refractivity contribution >= 4 is 11.9 Å². The zero-order valence-corrected chi connectivity index (χ0v) is 21.0. The Kier molecular flexibility index (Phi) is 8.75. The van der Waals surface area contributed by atoms with E-state index in [0.717, 1.165) is 30.4 Å². The van der Waals surface area contributed by atoms with E-state index < -0.39 is 11.9 Å². The second kappa shape index (κ2) is 12.6. The van der Waals surface area contributed by atoms with Gasteiger partial charge in [-0.3, -0.25) is 0 Å². The van der Waals surface area contributed by atoms with Crippen LogP contribution >= 0.6 is 0 Å².